The van der Waals surface area contributed by atoms with Crippen LogP contribution in [0.4, 0.5) is 0 Å². The predicted molar refractivity (Wildman–Crippen MR) is 41.7 cm³/mol. The van der Waals surface area contributed by atoms with Gasteiger partial charge in [-0.05, 0) is 13.3 Å². The molecule has 0 saturated carbocycles. The molecule has 0 spiro atoms. The zero-order chi connectivity index (χ0) is 8.69. The molecule has 0 amide bonds. The monoisotopic (exact) mass is 156 g/mol. The largest absolute Gasteiger partial charge is 0.435 e. The van der Waals surface area contributed by atoms with Crippen LogP contribution in [0.25, 0.3) is 0 Å². The summed E-state index contributed by atoms with van der Waals surface area (Å²) in [6, 6.07) is 0. The number of hydrogen-bond donors (Lipinski definition) is 1. The Morgan fingerprint density at radius 1 is 1.73 bits per heavy atom. The molecule has 0 aliphatic rings. The van der Waals surface area contributed by atoms with Gasteiger partial charge in [0.1, 0.15) is 0 Å². The van der Waals surface area contributed by atoms with Crippen LogP contribution in [0.3, 0.4) is 0 Å². The highest BCUT2D eigenvalue weighted by Crippen LogP contribution is 1.98. The van der Waals surface area contributed by atoms with Crippen molar-refractivity contribution in [2.75, 3.05) is 6.79 Å². The SMILES string of the molecule is C=CC/C=C(\C)C(=O)OCO. The van der Waals surface area contributed by atoms with Crippen molar-refractivity contribution in [1.29, 1.82) is 0 Å². The molecule has 0 atom stereocenters. The maximum atomic E-state index is 10.8. The van der Waals surface area contributed by atoms with Gasteiger partial charge in [-0.3, -0.25) is 0 Å². The minimum absolute atomic E-state index is 0.485. The van der Waals surface area contributed by atoms with Gasteiger partial charge in [-0.15, -0.1) is 6.58 Å². The lowest BCUT2D eigenvalue weighted by molar-refractivity contribution is -0.146. The first-order valence-corrected chi connectivity index (χ1v) is 3.28. The summed E-state index contributed by atoms with van der Waals surface area (Å²) < 4.78 is 4.31. The minimum Gasteiger partial charge on any atom is -0.435 e. The average Bonchev–Trinajstić information content (AvgIpc) is 2.00. The van der Waals surface area contributed by atoms with Crippen molar-refractivity contribution in [2.45, 2.75) is 13.3 Å². The van der Waals surface area contributed by atoms with Crippen molar-refractivity contribution < 1.29 is 14.6 Å². The molecule has 3 heteroatoms. The molecular formula is C8H12O3. The maximum absolute atomic E-state index is 10.8. The van der Waals surface area contributed by atoms with Gasteiger partial charge in [0.25, 0.3) is 0 Å². The van der Waals surface area contributed by atoms with E-state index < -0.39 is 12.8 Å². The van der Waals surface area contributed by atoms with Gasteiger partial charge < -0.3 is 9.84 Å². The lowest BCUT2D eigenvalue weighted by Crippen LogP contribution is -2.06. The second-order valence-corrected chi connectivity index (χ2v) is 1.97. The van der Waals surface area contributed by atoms with Crippen LogP contribution < -0.4 is 0 Å². The molecule has 0 heterocycles. The fourth-order valence-corrected chi connectivity index (χ4v) is 0.516. The van der Waals surface area contributed by atoms with E-state index >= 15 is 0 Å². The highest BCUT2D eigenvalue weighted by molar-refractivity contribution is 5.87. The van der Waals surface area contributed by atoms with Crippen molar-refractivity contribution in [2.24, 2.45) is 0 Å². The molecule has 0 radical (unpaired) electrons. The molecule has 11 heavy (non-hydrogen) atoms. The fourth-order valence-electron chi connectivity index (χ4n) is 0.516. The molecule has 0 bridgehead atoms. The Morgan fingerprint density at radius 3 is 2.82 bits per heavy atom. The summed E-state index contributed by atoms with van der Waals surface area (Å²) in [5.41, 5.74) is 0.485. The quantitative estimate of drug-likeness (QED) is 0.286. The zero-order valence-electron chi connectivity index (χ0n) is 6.54. The number of allylic oxidation sites excluding steroid dienone is 2. The number of rotatable bonds is 4. The number of carbonyl (C=O) groups excluding carboxylic acids is 1. The number of carbonyl (C=O) groups is 1. The van der Waals surface area contributed by atoms with Gasteiger partial charge in [-0.25, -0.2) is 4.79 Å². The van der Waals surface area contributed by atoms with E-state index in [0.29, 0.717) is 12.0 Å². The molecular weight excluding hydrogens is 144 g/mol. The van der Waals surface area contributed by atoms with Crippen LogP contribution in [-0.4, -0.2) is 17.9 Å². The highest BCUT2D eigenvalue weighted by atomic mass is 16.6. The molecule has 0 aliphatic carbocycles. The molecule has 0 saturated heterocycles. The molecule has 0 aromatic carbocycles. The third-order valence-electron chi connectivity index (χ3n) is 1.11. The number of esters is 1. The molecule has 1 N–H and O–H groups in total. The number of aliphatic hydroxyl groups is 1. The summed E-state index contributed by atoms with van der Waals surface area (Å²) in [5.74, 6) is -0.491. The smallest absolute Gasteiger partial charge is 0.335 e. The highest BCUT2D eigenvalue weighted by Gasteiger charge is 2.02. The van der Waals surface area contributed by atoms with Gasteiger partial charge in [0, 0.05) is 5.57 Å². The van der Waals surface area contributed by atoms with Crippen LogP contribution in [-0.2, 0) is 9.53 Å². The first-order chi connectivity index (χ1) is 5.22. The van der Waals surface area contributed by atoms with E-state index in [-0.39, 0.29) is 0 Å². The lowest BCUT2D eigenvalue weighted by atomic mass is 10.2. The number of ether oxygens (including phenoxy) is 1. The standard InChI is InChI=1S/C8H12O3/c1-3-4-5-7(2)8(10)11-6-9/h3,5,9H,1,4,6H2,2H3/b7-5+. The molecule has 0 aromatic heterocycles. The topological polar surface area (TPSA) is 46.5 Å². The third-order valence-corrected chi connectivity index (χ3v) is 1.11. The molecule has 0 fully saturated rings. The van der Waals surface area contributed by atoms with E-state index in [1.807, 2.05) is 0 Å². The summed E-state index contributed by atoms with van der Waals surface area (Å²) in [4.78, 5) is 10.8. The molecule has 0 aliphatic heterocycles. The van der Waals surface area contributed by atoms with Crippen LogP contribution in [0.1, 0.15) is 13.3 Å². The predicted octanol–water partition coefficient (Wildman–Crippen LogP) is 1.00. The van der Waals surface area contributed by atoms with Gasteiger partial charge in [-0.1, -0.05) is 12.2 Å². The Kier molecular flexibility index (Phi) is 5.11. The van der Waals surface area contributed by atoms with Crippen LogP contribution in [0.5, 0.6) is 0 Å². The second-order valence-electron chi connectivity index (χ2n) is 1.97. The Labute approximate surface area is 66.0 Å². The Hall–Kier alpha value is -1.09. The summed E-state index contributed by atoms with van der Waals surface area (Å²) in [5, 5.41) is 8.22. The van der Waals surface area contributed by atoms with Gasteiger partial charge >= 0.3 is 5.97 Å². The average molecular weight is 156 g/mol. The molecule has 0 unspecified atom stereocenters. The molecule has 62 valence electrons. The lowest BCUT2D eigenvalue weighted by Gasteiger charge is -1.98. The Bertz CT molecular complexity index is 170. The first-order valence-electron chi connectivity index (χ1n) is 3.28. The summed E-state index contributed by atoms with van der Waals surface area (Å²) in [7, 11) is 0. The third kappa shape index (κ3) is 4.33. The number of aliphatic hydroxyl groups excluding tert-OH is 1. The Balaban J connectivity index is 3.89. The van der Waals surface area contributed by atoms with Crippen molar-refractivity contribution in [1.82, 2.24) is 0 Å². The Morgan fingerprint density at radius 2 is 2.36 bits per heavy atom. The van der Waals surface area contributed by atoms with Crippen molar-refractivity contribution in [3.63, 3.8) is 0 Å². The van der Waals surface area contributed by atoms with Gasteiger partial charge in [-0.2, -0.15) is 0 Å². The van der Waals surface area contributed by atoms with Crippen LogP contribution in [0.2, 0.25) is 0 Å². The minimum atomic E-state index is -0.571. The molecule has 3 nitrogen and oxygen atoms in total. The first kappa shape index (κ1) is 9.91. The van der Waals surface area contributed by atoms with E-state index in [1.165, 1.54) is 0 Å². The zero-order valence-corrected chi connectivity index (χ0v) is 6.54. The fraction of sp³-hybridized carbons (Fsp3) is 0.375. The van der Waals surface area contributed by atoms with E-state index in [9.17, 15) is 4.79 Å². The summed E-state index contributed by atoms with van der Waals surface area (Å²) >= 11 is 0. The van der Waals surface area contributed by atoms with Gasteiger partial charge in [0.05, 0.1) is 0 Å². The number of hydrogen-bond acceptors (Lipinski definition) is 3. The van der Waals surface area contributed by atoms with E-state index in [1.54, 1.807) is 19.1 Å². The van der Waals surface area contributed by atoms with Crippen LogP contribution in [0.15, 0.2) is 24.3 Å². The van der Waals surface area contributed by atoms with Gasteiger partial charge in [0.15, 0.2) is 6.79 Å². The van der Waals surface area contributed by atoms with E-state index in [4.69, 9.17) is 5.11 Å². The maximum Gasteiger partial charge on any atom is 0.335 e. The van der Waals surface area contributed by atoms with E-state index in [2.05, 4.69) is 11.3 Å². The molecule has 0 aromatic rings. The second kappa shape index (κ2) is 5.68. The van der Waals surface area contributed by atoms with Crippen LogP contribution in [0, 0.1) is 0 Å². The normalized spacial score (nSPS) is 10.9. The van der Waals surface area contributed by atoms with Crippen molar-refractivity contribution in [3.05, 3.63) is 24.3 Å². The van der Waals surface area contributed by atoms with Gasteiger partial charge in [0.2, 0.25) is 0 Å². The summed E-state index contributed by atoms with van der Waals surface area (Å²) in [6.45, 7) is 4.55. The molecule has 0 rings (SSSR count). The van der Waals surface area contributed by atoms with Crippen molar-refractivity contribution in [3.8, 4) is 0 Å². The van der Waals surface area contributed by atoms with E-state index in [0.717, 1.165) is 0 Å². The summed E-state index contributed by atoms with van der Waals surface area (Å²) in [6.07, 6.45) is 3.99. The van der Waals surface area contributed by atoms with Crippen molar-refractivity contribution >= 4 is 5.97 Å². The van der Waals surface area contributed by atoms with Crippen LogP contribution >= 0.6 is 0 Å².